The molecule has 0 saturated heterocycles. The average Bonchev–Trinajstić information content (AvgIpc) is 3.36. The highest BCUT2D eigenvalue weighted by atomic mass is 19.1. The molecule has 0 bridgehead atoms. The summed E-state index contributed by atoms with van der Waals surface area (Å²) in [5.74, 6) is -1.94. The molecule has 40 heavy (non-hydrogen) atoms. The maximum absolute atomic E-state index is 13.6. The Kier molecular flexibility index (Phi) is 11.5. The lowest BCUT2D eigenvalue weighted by Gasteiger charge is -2.27. The molecular weight excluding hydrogens is 517 g/mol. The van der Waals surface area contributed by atoms with Crippen molar-refractivity contribution < 1.29 is 33.2 Å². The zero-order chi connectivity index (χ0) is 29.2. The van der Waals surface area contributed by atoms with E-state index in [0.29, 0.717) is 30.6 Å². The molecule has 218 valence electrons. The van der Waals surface area contributed by atoms with Gasteiger partial charge in [-0.2, -0.15) is 0 Å². The molecule has 1 aromatic carbocycles. The predicted molar refractivity (Wildman–Crippen MR) is 146 cm³/mol. The Labute approximate surface area is 234 Å². The Morgan fingerprint density at radius 3 is 2.48 bits per heavy atom. The molecule has 1 heterocycles. The number of aryl methyl sites for hydroxylation is 1. The monoisotopic (exact) mass is 557 g/mol. The van der Waals surface area contributed by atoms with Gasteiger partial charge in [-0.05, 0) is 62.6 Å². The summed E-state index contributed by atoms with van der Waals surface area (Å²) in [5.41, 5.74) is 0.660. The van der Waals surface area contributed by atoms with Gasteiger partial charge in [0, 0.05) is 30.7 Å². The van der Waals surface area contributed by atoms with Gasteiger partial charge in [-0.3, -0.25) is 19.2 Å². The van der Waals surface area contributed by atoms with Gasteiger partial charge in [0.15, 0.2) is 11.5 Å². The number of hydrogen-bond donors (Lipinski definition) is 3. The van der Waals surface area contributed by atoms with Gasteiger partial charge in [-0.15, -0.1) is 0 Å². The molecule has 0 spiro atoms. The number of aliphatic hydroxyl groups is 1. The number of Topliss-reactive ketones (excluding diaryl/α,β-unsaturated/α-hetero) is 2. The van der Waals surface area contributed by atoms with Crippen molar-refractivity contribution in [3.8, 4) is 0 Å². The quantitative estimate of drug-likeness (QED) is 0.322. The molecule has 9 nitrogen and oxygen atoms in total. The van der Waals surface area contributed by atoms with E-state index in [-0.39, 0.29) is 54.5 Å². The van der Waals surface area contributed by atoms with Gasteiger partial charge in [0.1, 0.15) is 17.4 Å². The molecule has 10 heteroatoms. The van der Waals surface area contributed by atoms with Gasteiger partial charge in [0.05, 0.1) is 18.7 Å². The van der Waals surface area contributed by atoms with Crippen LogP contribution in [0.15, 0.2) is 34.9 Å². The maximum atomic E-state index is 13.6. The first-order chi connectivity index (χ1) is 19.0. The van der Waals surface area contributed by atoms with E-state index >= 15 is 0 Å². The Bertz CT molecular complexity index is 1160. The lowest BCUT2D eigenvalue weighted by atomic mass is 9.83. The summed E-state index contributed by atoms with van der Waals surface area (Å²) in [6.45, 7) is 5.22. The molecule has 1 aliphatic rings. The van der Waals surface area contributed by atoms with E-state index in [9.17, 15) is 28.7 Å². The number of halogens is 1. The minimum Gasteiger partial charge on any atom is -0.394 e. The van der Waals surface area contributed by atoms with Crippen LogP contribution < -0.4 is 10.6 Å². The van der Waals surface area contributed by atoms with Crippen molar-refractivity contribution >= 4 is 23.4 Å². The molecular formula is C30H40FN3O6. The summed E-state index contributed by atoms with van der Waals surface area (Å²) in [6.07, 6.45) is 3.82. The highest BCUT2D eigenvalue weighted by Gasteiger charge is 2.31. The van der Waals surface area contributed by atoms with Crippen molar-refractivity contribution in [1.29, 1.82) is 0 Å². The predicted octanol–water partition coefficient (Wildman–Crippen LogP) is 3.71. The molecule has 0 unspecified atom stereocenters. The number of ketones is 2. The lowest BCUT2D eigenvalue weighted by Crippen LogP contribution is -2.46. The number of carbonyl (C=O) groups is 4. The van der Waals surface area contributed by atoms with Crippen LogP contribution in [0.1, 0.15) is 80.6 Å². The first-order valence-electron chi connectivity index (χ1n) is 14.0. The van der Waals surface area contributed by atoms with E-state index in [0.717, 1.165) is 19.3 Å². The lowest BCUT2D eigenvalue weighted by molar-refractivity contribution is -0.132. The highest BCUT2D eigenvalue weighted by molar-refractivity contribution is 5.97. The van der Waals surface area contributed by atoms with Crippen molar-refractivity contribution in [3.05, 3.63) is 53.2 Å². The number of aromatic nitrogens is 1. The van der Waals surface area contributed by atoms with E-state index in [4.69, 9.17) is 4.52 Å². The van der Waals surface area contributed by atoms with Gasteiger partial charge >= 0.3 is 0 Å². The number of carbonyl (C=O) groups excluding carboxylic acids is 4. The van der Waals surface area contributed by atoms with Crippen LogP contribution in [0.2, 0.25) is 0 Å². The first kappa shape index (κ1) is 31.1. The molecule has 3 N–H and O–H groups in total. The van der Waals surface area contributed by atoms with Crippen molar-refractivity contribution in [2.45, 2.75) is 84.2 Å². The summed E-state index contributed by atoms with van der Waals surface area (Å²) in [5, 5.41) is 19.2. The summed E-state index contributed by atoms with van der Waals surface area (Å²) < 4.78 is 18.4. The number of aliphatic hydroxyl groups excluding tert-OH is 1. The van der Waals surface area contributed by atoms with Crippen LogP contribution >= 0.6 is 0 Å². The number of amides is 2. The molecule has 1 aliphatic carbocycles. The number of benzene rings is 1. The molecule has 1 saturated carbocycles. The van der Waals surface area contributed by atoms with Crippen molar-refractivity contribution in [3.63, 3.8) is 0 Å². The van der Waals surface area contributed by atoms with E-state index in [1.54, 1.807) is 19.1 Å². The van der Waals surface area contributed by atoms with Crippen molar-refractivity contribution in [2.75, 3.05) is 6.61 Å². The Morgan fingerprint density at radius 1 is 1.15 bits per heavy atom. The fraction of sp³-hybridized carbons (Fsp3) is 0.567. The first-order valence-corrected chi connectivity index (χ1v) is 14.0. The SMILES string of the molecule is Cc1cc(C(=O)N[C@@H](Cc2ccc(F)cc2)C(=O)C[C@@H](CC(C)C)C(=O)N[C@H](CO)C[C@@H]2CCCCC2=O)no1. The zero-order valence-corrected chi connectivity index (χ0v) is 23.5. The van der Waals surface area contributed by atoms with Crippen LogP contribution in [0, 0.1) is 30.5 Å². The average molecular weight is 558 g/mol. The Balaban J connectivity index is 1.74. The van der Waals surface area contributed by atoms with Crippen LogP contribution in [0.3, 0.4) is 0 Å². The summed E-state index contributed by atoms with van der Waals surface area (Å²) in [6, 6.07) is 5.51. The van der Waals surface area contributed by atoms with Gasteiger partial charge in [-0.25, -0.2) is 4.39 Å². The van der Waals surface area contributed by atoms with Gasteiger partial charge in [-0.1, -0.05) is 37.6 Å². The van der Waals surface area contributed by atoms with Crippen LogP contribution in [-0.4, -0.2) is 52.3 Å². The van der Waals surface area contributed by atoms with Gasteiger partial charge in [0.2, 0.25) is 5.91 Å². The van der Waals surface area contributed by atoms with Crippen LogP contribution in [-0.2, 0) is 20.8 Å². The van der Waals surface area contributed by atoms with Gasteiger partial charge in [0.25, 0.3) is 5.91 Å². The molecule has 1 fully saturated rings. The zero-order valence-electron chi connectivity index (χ0n) is 23.5. The molecule has 0 radical (unpaired) electrons. The van der Waals surface area contributed by atoms with Crippen LogP contribution in [0.25, 0.3) is 0 Å². The van der Waals surface area contributed by atoms with E-state index in [1.807, 2.05) is 13.8 Å². The fourth-order valence-corrected chi connectivity index (χ4v) is 5.19. The normalized spacial score (nSPS) is 17.8. The second kappa shape index (κ2) is 14.8. The van der Waals surface area contributed by atoms with Crippen LogP contribution in [0.4, 0.5) is 4.39 Å². The second-order valence-electron chi connectivity index (χ2n) is 11.2. The minimum absolute atomic E-state index is 0.0222. The molecule has 2 amide bonds. The summed E-state index contributed by atoms with van der Waals surface area (Å²) >= 11 is 0. The minimum atomic E-state index is -0.995. The Morgan fingerprint density at radius 2 is 1.88 bits per heavy atom. The topological polar surface area (TPSA) is 139 Å². The molecule has 4 atom stereocenters. The van der Waals surface area contributed by atoms with E-state index in [1.165, 1.54) is 18.2 Å². The van der Waals surface area contributed by atoms with Crippen LogP contribution in [0.5, 0.6) is 0 Å². The van der Waals surface area contributed by atoms with Crippen molar-refractivity contribution in [1.82, 2.24) is 15.8 Å². The maximum Gasteiger partial charge on any atom is 0.274 e. The number of nitrogens with one attached hydrogen (secondary N) is 2. The third-order valence-electron chi connectivity index (χ3n) is 7.30. The summed E-state index contributed by atoms with van der Waals surface area (Å²) in [7, 11) is 0. The third kappa shape index (κ3) is 9.36. The molecule has 0 aliphatic heterocycles. The fourth-order valence-electron chi connectivity index (χ4n) is 5.19. The molecule has 2 aromatic rings. The number of rotatable bonds is 14. The summed E-state index contributed by atoms with van der Waals surface area (Å²) in [4.78, 5) is 52.1. The van der Waals surface area contributed by atoms with Crippen molar-refractivity contribution in [2.24, 2.45) is 17.8 Å². The smallest absolute Gasteiger partial charge is 0.274 e. The standard InChI is InChI=1S/C30H40FN3O6/c1-18(2)12-22(29(38)32-24(17-35)15-21-6-4-5-7-27(21)36)16-28(37)25(14-20-8-10-23(31)11-9-20)33-30(39)26-13-19(3)40-34-26/h8-11,13,18,21-22,24-25,35H,4-7,12,14-17H2,1-3H3,(H,32,38)(H,33,39)/t21-,22+,24-,25-/m0/s1. The van der Waals surface area contributed by atoms with E-state index < -0.39 is 29.7 Å². The van der Waals surface area contributed by atoms with Gasteiger partial charge < -0.3 is 20.3 Å². The number of hydrogen-bond acceptors (Lipinski definition) is 7. The van der Waals surface area contributed by atoms with E-state index in [2.05, 4.69) is 15.8 Å². The third-order valence-corrected chi connectivity index (χ3v) is 7.30. The highest BCUT2D eigenvalue weighted by Crippen LogP contribution is 2.25. The molecule has 3 rings (SSSR count). The second-order valence-corrected chi connectivity index (χ2v) is 11.2. The largest absolute Gasteiger partial charge is 0.394 e. The Hall–Kier alpha value is -3.40. The number of nitrogens with zero attached hydrogens (tertiary/aromatic N) is 1. The molecule has 1 aromatic heterocycles.